The Morgan fingerprint density at radius 3 is 2.75 bits per heavy atom. The first-order valence-electron chi connectivity index (χ1n) is 6.34. The van der Waals surface area contributed by atoms with Gasteiger partial charge in [0.1, 0.15) is 0 Å². The quantitative estimate of drug-likeness (QED) is 0.852. The highest BCUT2D eigenvalue weighted by molar-refractivity contribution is 5.94. The summed E-state index contributed by atoms with van der Waals surface area (Å²) in [6, 6.07) is 6.65. The van der Waals surface area contributed by atoms with Crippen LogP contribution < -0.4 is 5.56 Å². The van der Waals surface area contributed by atoms with E-state index in [1.165, 1.54) is 10.6 Å². The molecule has 0 aliphatic rings. The Balaban J connectivity index is 2.24. The summed E-state index contributed by atoms with van der Waals surface area (Å²) in [7, 11) is 3.37. The Morgan fingerprint density at radius 1 is 1.40 bits per heavy atom. The van der Waals surface area contributed by atoms with Gasteiger partial charge in [-0.25, -0.2) is 0 Å². The minimum Gasteiger partial charge on any atom is -0.335 e. The van der Waals surface area contributed by atoms with Crippen molar-refractivity contribution in [1.29, 1.82) is 0 Å². The molecule has 104 valence electrons. The van der Waals surface area contributed by atoms with Crippen molar-refractivity contribution in [3.8, 4) is 0 Å². The van der Waals surface area contributed by atoms with E-state index >= 15 is 0 Å². The smallest absolute Gasteiger partial charge is 0.254 e. The minimum atomic E-state index is -0.196. The lowest BCUT2D eigenvalue weighted by Gasteiger charge is -2.25. The third kappa shape index (κ3) is 2.77. The molecule has 0 radical (unpaired) electrons. The molecule has 0 spiro atoms. The van der Waals surface area contributed by atoms with Gasteiger partial charge in [0.25, 0.3) is 11.5 Å². The molecule has 5 nitrogen and oxygen atoms in total. The Labute approximate surface area is 117 Å². The van der Waals surface area contributed by atoms with Gasteiger partial charge in [-0.05, 0) is 24.6 Å². The molecule has 20 heavy (non-hydrogen) atoms. The normalized spacial score (nSPS) is 11.9. The van der Waals surface area contributed by atoms with Crippen LogP contribution in [0.1, 0.15) is 28.9 Å². The number of rotatable bonds is 3. The van der Waals surface area contributed by atoms with Crippen molar-refractivity contribution in [2.45, 2.75) is 13.0 Å². The van der Waals surface area contributed by atoms with E-state index in [1.807, 2.05) is 19.1 Å². The second-order valence-electron chi connectivity index (χ2n) is 4.74. The number of aromatic nitrogens is 2. The van der Waals surface area contributed by atoms with Gasteiger partial charge in [0.05, 0.1) is 6.04 Å². The van der Waals surface area contributed by atoms with E-state index in [1.54, 1.807) is 43.7 Å². The fourth-order valence-electron chi connectivity index (χ4n) is 1.91. The average molecular weight is 271 g/mol. The van der Waals surface area contributed by atoms with Crippen LogP contribution in [0.25, 0.3) is 0 Å². The lowest BCUT2D eigenvalue weighted by Crippen LogP contribution is -2.31. The second kappa shape index (κ2) is 5.69. The van der Waals surface area contributed by atoms with Crippen LogP contribution in [0.2, 0.25) is 0 Å². The Kier molecular flexibility index (Phi) is 3.98. The molecule has 0 aliphatic heterocycles. The zero-order valence-corrected chi connectivity index (χ0v) is 11.8. The lowest BCUT2D eigenvalue weighted by molar-refractivity contribution is 0.0742. The van der Waals surface area contributed by atoms with Gasteiger partial charge in [0, 0.05) is 44.3 Å². The maximum atomic E-state index is 12.4. The van der Waals surface area contributed by atoms with Crippen molar-refractivity contribution < 1.29 is 4.79 Å². The monoisotopic (exact) mass is 271 g/mol. The highest BCUT2D eigenvalue weighted by atomic mass is 16.2. The zero-order valence-electron chi connectivity index (χ0n) is 11.8. The Bertz CT molecular complexity index is 664. The summed E-state index contributed by atoms with van der Waals surface area (Å²) in [6.45, 7) is 1.93. The molecular formula is C15H17N3O2. The largest absolute Gasteiger partial charge is 0.335 e. The Morgan fingerprint density at radius 2 is 2.15 bits per heavy atom. The molecule has 1 atom stereocenters. The van der Waals surface area contributed by atoms with Gasteiger partial charge < -0.3 is 9.47 Å². The van der Waals surface area contributed by atoms with E-state index in [0.717, 1.165) is 5.56 Å². The number of carbonyl (C=O) groups excluding carboxylic acids is 1. The number of hydrogen-bond acceptors (Lipinski definition) is 3. The summed E-state index contributed by atoms with van der Waals surface area (Å²) >= 11 is 0. The molecule has 0 saturated heterocycles. The van der Waals surface area contributed by atoms with Gasteiger partial charge in [-0.1, -0.05) is 6.07 Å². The van der Waals surface area contributed by atoms with Crippen LogP contribution in [-0.2, 0) is 7.05 Å². The van der Waals surface area contributed by atoms with Gasteiger partial charge >= 0.3 is 0 Å². The second-order valence-corrected chi connectivity index (χ2v) is 4.74. The van der Waals surface area contributed by atoms with Crippen molar-refractivity contribution in [2.24, 2.45) is 7.05 Å². The lowest BCUT2D eigenvalue weighted by atomic mass is 10.1. The van der Waals surface area contributed by atoms with E-state index in [9.17, 15) is 9.59 Å². The summed E-state index contributed by atoms with van der Waals surface area (Å²) in [5.41, 5.74) is 1.15. The van der Waals surface area contributed by atoms with E-state index in [2.05, 4.69) is 4.98 Å². The number of pyridine rings is 2. The van der Waals surface area contributed by atoms with Crippen molar-refractivity contribution in [2.75, 3.05) is 7.05 Å². The molecule has 0 N–H and O–H groups in total. The number of hydrogen-bond donors (Lipinski definition) is 0. The molecule has 0 saturated carbocycles. The van der Waals surface area contributed by atoms with Crippen LogP contribution in [0, 0.1) is 0 Å². The van der Waals surface area contributed by atoms with Crippen LogP contribution in [-0.4, -0.2) is 27.4 Å². The van der Waals surface area contributed by atoms with Crippen LogP contribution in [0.5, 0.6) is 0 Å². The van der Waals surface area contributed by atoms with E-state index in [4.69, 9.17) is 0 Å². The third-order valence-corrected chi connectivity index (χ3v) is 3.42. The molecule has 2 rings (SSSR count). The standard InChI is InChI=1S/C15H17N3O2/c1-11(13-5-4-7-16-10-13)18(3)15(20)12-6-8-17(2)14(19)9-12/h4-11H,1-3H3. The molecule has 1 unspecified atom stereocenters. The predicted molar refractivity (Wildman–Crippen MR) is 76.4 cm³/mol. The molecule has 1 amide bonds. The molecule has 0 aromatic carbocycles. The predicted octanol–water partition coefficient (Wildman–Crippen LogP) is 1.61. The number of nitrogens with zero attached hydrogens (tertiary/aromatic N) is 3. The van der Waals surface area contributed by atoms with Crippen LogP contribution in [0.15, 0.2) is 47.7 Å². The third-order valence-electron chi connectivity index (χ3n) is 3.42. The topological polar surface area (TPSA) is 55.2 Å². The number of aryl methyl sites for hydroxylation is 1. The summed E-state index contributed by atoms with van der Waals surface area (Å²) in [5, 5.41) is 0. The SMILES string of the molecule is CC(c1cccnc1)N(C)C(=O)c1ccn(C)c(=O)c1. The van der Waals surface area contributed by atoms with Crippen LogP contribution in [0.3, 0.4) is 0 Å². The van der Waals surface area contributed by atoms with Crippen molar-refractivity contribution >= 4 is 5.91 Å². The molecule has 2 aromatic rings. The maximum absolute atomic E-state index is 12.4. The van der Waals surface area contributed by atoms with Gasteiger partial charge in [-0.3, -0.25) is 14.6 Å². The van der Waals surface area contributed by atoms with Gasteiger partial charge in [0.2, 0.25) is 0 Å². The Hall–Kier alpha value is -2.43. The minimum absolute atomic E-state index is 0.111. The fraction of sp³-hybridized carbons (Fsp3) is 0.267. The van der Waals surface area contributed by atoms with E-state index < -0.39 is 0 Å². The van der Waals surface area contributed by atoms with Gasteiger partial charge in [-0.15, -0.1) is 0 Å². The van der Waals surface area contributed by atoms with Crippen LogP contribution in [0.4, 0.5) is 0 Å². The van der Waals surface area contributed by atoms with Crippen molar-refractivity contribution in [3.05, 3.63) is 64.3 Å². The first kappa shape index (κ1) is 14.0. The first-order valence-corrected chi connectivity index (χ1v) is 6.34. The van der Waals surface area contributed by atoms with Crippen molar-refractivity contribution in [1.82, 2.24) is 14.5 Å². The molecular weight excluding hydrogens is 254 g/mol. The summed E-state index contributed by atoms with van der Waals surface area (Å²) in [5.74, 6) is -0.181. The first-order chi connectivity index (χ1) is 9.50. The number of carbonyl (C=O) groups is 1. The summed E-state index contributed by atoms with van der Waals surface area (Å²) < 4.78 is 1.43. The zero-order chi connectivity index (χ0) is 14.7. The molecule has 2 aromatic heterocycles. The van der Waals surface area contributed by atoms with Crippen LogP contribution >= 0.6 is 0 Å². The number of amides is 1. The summed E-state index contributed by atoms with van der Waals surface area (Å²) in [6.07, 6.45) is 5.02. The maximum Gasteiger partial charge on any atom is 0.254 e. The molecule has 0 bridgehead atoms. The highest BCUT2D eigenvalue weighted by Gasteiger charge is 2.19. The molecule has 0 fully saturated rings. The van der Waals surface area contributed by atoms with Crippen molar-refractivity contribution in [3.63, 3.8) is 0 Å². The summed E-state index contributed by atoms with van der Waals surface area (Å²) in [4.78, 5) is 29.6. The van der Waals surface area contributed by atoms with E-state index in [-0.39, 0.29) is 17.5 Å². The van der Waals surface area contributed by atoms with E-state index in [0.29, 0.717) is 5.56 Å². The highest BCUT2D eigenvalue weighted by Crippen LogP contribution is 2.19. The van der Waals surface area contributed by atoms with Gasteiger partial charge in [-0.2, -0.15) is 0 Å². The average Bonchev–Trinajstić information content (AvgIpc) is 2.48. The fourth-order valence-corrected chi connectivity index (χ4v) is 1.91. The molecule has 2 heterocycles. The van der Waals surface area contributed by atoms with Gasteiger partial charge in [0.15, 0.2) is 0 Å². The molecule has 0 aliphatic carbocycles. The molecule has 5 heteroatoms.